The number of anilines is 2. The molecular formula is C27H22ClF4N4NaO9. The van der Waals surface area contributed by atoms with Crippen LogP contribution in [-0.4, -0.2) is 75.9 Å². The van der Waals surface area contributed by atoms with E-state index < -0.39 is 82.5 Å². The van der Waals surface area contributed by atoms with Gasteiger partial charge in [-0.1, -0.05) is 11.6 Å². The predicted molar refractivity (Wildman–Crippen MR) is 144 cm³/mol. The third-order valence-electron chi connectivity index (χ3n) is 6.44. The summed E-state index contributed by atoms with van der Waals surface area (Å²) in [5.41, 5.74) is -2.68. The molecule has 240 valence electrons. The van der Waals surface area contributed by atoms with Crippen molar-refractivity contribution in [1.82, 2.24) is 10.3 Å². The average molecular weight is 681 g/mol. The van der Waals surface area contributed by atoms with Gasteiger partial charge in [0.15, 0.2) is 6.23 Å². The monoisotopic (exact) mass is 680 g/mol. The van der Waals surface area contributed by atoms with Crippen LogP contribution in [0.25, 0.3) is 0 Å². The van der Waals surface area contributed by atoms with E-state index in [1.807, 2.05) is 0 Å². The van der Waals surface area contributed by atoms with Crippen molar-refractivity contribution in [2.45, 2.75) is 36.8 Å². The minimum absolute atomic E-state index is 0. The first-order valence-corrected chi connectivity index (χ1v) is 13.0. The number of aliphatic hydroxyl groups is 3. The summed E-state index contributed by atoms with van der Waals surface area (Å²) < 4.78 is 66.7. The summed E-state index contributed by atoms with van der Waals surface area (Å²) >= 11 is 5.68. The maximum absolute atomic E-state index is 15.1. The van der Waals surface area contributed by atoms with Gasteiger partial charge in [-0.2, -0.15) is 13.2 Å². The Bertz CT molecular complexity index is 1620. The van der Waals surface area contributed by atoms with E-state index in [0.717, 1.165) is 24.3 Å². The summed E-state index contributed by atoms with van der Waals surface area (Å²) in [7, 11) is 1.39. The van der Waals surface area contributed by atoms with Crippen LogP contribution in [0.2, 0.25) is 5.02 Å². The van der Waals surface area contributed by atoms with Gasteiger partial charge in [0, 0.05) is 31.1 Å². The molecule has 13 nitrogen and oxygen atoms in total. The van der Waals surface area contributed by atoms with Crippen LogP contribution >= 0.6 is 11.6 Å². The molecule has 4 rings (SSSR count). The normalized spacial score (nSPS) is 21.0. The summed E-state index contributed by atoms with van der Waals surface area (Å²) in [6, 6.07) is 6.20. The van der Waals surface area contributed by atoms with Crippen LogP contribution in [0.1, 0.15) is 16.1 Å². The molecule has 0 saturated carbocycles. The maximum Gasteiger partial charge on any atom is 1.00 e. The van der Waals surface area contributed by atoms with Crippen molar-refractivity contribution in [2.24, 2.45) is 0 Å². The number of ether oxygens (including phenoxy) is 2. The number of carbonyl (C=O) groups is 3. The summed E-state index contributed by atoms with van der Waals surface area (Å²) in [6.45, 7) is 0. The number of hydrogen-bond acceptors (Lipinski definition) is 10. The quantitative estimate of drug-likeness (QED) is 0.147. The van der Waals surface area contributed by atoms with Crippen LogP contribution in [-0.2, 0) is 15.7 Å². The number of amides is 3. The van der Waals surface area contributed by atoms with E-state index in [4.69, 9.17) is 21.1 Å². The standard InChI is InChI=1S/C27H23ClF4N4O9.Na/c1-33-23(40)18-10-13(6-7-34-18)44-12-3-5-17(16(29)9-12)35-26(43)36(11-2-4-15(28)14(8-11)27(30,31)32)24-21(39)19(37)20(38)22(45-24)25(41)42;/h2-10,19-22,24,37-39H,1H3,(H,33,40)(H,35,43)(H,41,42);/q;+1/p-1/t19-,20+,21-,22+,24?;/m1./s1. The zero-order valence-corrected chi connectivity index (χ0v) is 26.4. The van der Waals surface area contributed by atoms with E-state index >= 15 is 4.39 Å². The molecule has 5 atom stereocenters. The first kappa shape index (κ1) is 36.9. The Balaban J connectivity index is 0.00000576. The molecule has 1 unspecified atom stereocenters. The molecule has 0 radical (unpaired) electrons. The van der Waals surface area contributed by atoms with Crippen LogP contribution in [0.15, 0.2) is 54.7 Å². The fourth-order valence-corrected chi connectivity index (χ4v) is 4.45. The number of carboxylic acid groups (broad SMARTS) is 1. The number of pyridine rings is 1. The number of alkyl halides is 3. The smallest absolute Gasteiger partial charge is 0.547 e. The molecule has 5 N–H and O–H groups in total. The molecule has 0 spiro atoms. The van der Waals surface area contributed by atoms with Crippen molar-refractivity contribution in [3.63, 3.8) is 0 Å². The molecule has 1 aliphatic rings. The molecule has 19 heteroatoms. The first-order valence-electron chi connectivity index (χ1n) is 12.7. The van der Waals surface area contributed by atoms with Gasteiger partial charge in [0.05, 0.1) is 22.2 Å². The van der Waals surface area contributed by atoms with Crippen LogP contribution in [0.3, 0.4) is 0 Å². The summed E-state index contributed by atoms with van der Waals surface area (Å²) in [4.78, 5) is 41.0. The number of hydrogen-bond donors (Lipinski definition) is 5. The van der Waals surface area contributed by atoms with Gasteiger partial charge < -0.3 is 45.3 Å². The zero-order valence-electron chi connectivity index (χ0n) is 23.7. The van der Waals surface area contributed by atoms with Crippen LogP contribution in [0.5, 0.6) is 11.5 Å². The summed E-state index contributed by atoms with van der Waals surface area (Å²) in [6.07, 6.45) is -15.2. The molecule has 1 fully saturated rings. The molecule has 46 heavy (non-hydrogen) atoms. The number of rotatable bonds is 7. The second-order valence-corrected chi connectivity index (χ2v) is 9.81. The first-order chi connectivity index (χ1) is 21.1. The van der Waals surface area contributed by atoms with E-state index in [2.05, 4.69) is 15.6 Å². The summed E-state index contributed by atoms with van der Waals surface area (Å²) in [5.74, 6) is -3.73. The number of carboxylic acids is 1. The Morgan fingerprint density at radius 2 is 1.70 bits per heavy atom. The van der Waals surface area contributed by atoms with Gasteiger partial charge in [-0.15, -0.1) is 0 Å². The Kier molecular flexibility index (Phi) is 12.0. The van der Waals surface area contributed by atoms with Crippen molar-refractivity contribution >= 4 is 40.9 Å². The maximum atomic E-state index is 15.1. The fraction of sp³-hybridized carbons (Fsp3) is 0.259. The van der Waals surface area contributed by atoms with Crippen molar-refractivity contribution in [1.29, 1.82) is 0 Å². The molecule has 1 aliphatic heterocycles. The zero-order chi connectivity index (χ0) is 33.2. The van der Waals surface area contributed by atoms with Crippen LogP contribution in [0.4, 0.5) is 33.7 Å². The minimum Gasteiger partial charge on any atom is -0.547 e. The van der Waals surface area contributed by atoms with E-state index in [1.165, 1.54) is 31.4 Å². The van der Waals surface area contributed by atoms with Gasteiger partial charge in [-0.3, -0.25) is 14.7 Å². The average Bonchev–Trinajstić information content (AvgIpc) is 2.98. The number of benzene rings is 2. The second kappa shape index (κ2) is 14.9. The Morgan fingerprint density at radius 3 is 2.30 bits per heavy atom. The van der Waals surface area contributed by atoms with Gasteiger partial charge in [0.1, 0.15) is 47.4 Å². The molecule has 1 saturated heterocycles. The van der Waals surface area contributed by atoms with Gasteiger partial charge in [-0.05, 0) is 36.4 Å². The molecule has 3 amide bonds. The molecule has 2 heterocycles. The largest absolute Gasteiger partial charge is 1.00 e. The molecule has 0 aliphatic carbocycles. The molecule has 3 aromatic rings. The Hall–Kier alpha value is -3.55. The number of halogens is 5. The molecule has 0 bridgehead atoms. The van der Waals surface area contributed by atoms with Gasteiger partial charge in [0.2, 0.25) is 0 Å². The molecule has 2 aromatic carbocycles. The van der Waals surface area contributed by atoms with Crippen LogP contribution < -0.4 is 54.9 Å². The number of nitrogens with one attached hydrogen (secondary N) is 2. The van der Waals surface area contributed by atoms with E-state index in [1.54, 1.807) is 0 Å². The number of urea groups is 1. The predicted octanol–water partition coefficient (Wildman–Crippen LogP) is -1.36. The molecule has 1 aromatic heterocycles. The SMILES string of the molecule is CNC(=O)c1cc(Oc2ccc(NC(=O)N(c3ccc(Cl)c(C(F)(F)F)c3)C3O[C@H](C(=O)[O-])[C@@H](O)[C@@H](O)[C@H]3O)c(F)c2)ccn1.[Na+]. The van der Waals surface area contributed by atoms with Gasteiger partial charge in [-0.25, -0.2) is 9.18 Å². The number of aromatic nitrogens is 1. The van der Waals surface area contributed by atoms with Crippen LogP contribution in [0, 0.1) is 5.82 Å². The minimum atomic E-state index is -5.04. The number of aliphatic hydroxyl groups excluding tert-OH is 3. The topological polar surface area (TPSA) is 194 Å². The third-order valence-corrected chi connectivity index (χ3v) is 6.77. The van der Waals surface area contributed by atoms with Crippen molar-refractivity contribution in [2.75, 3.05) is 17.3 Å². The van der Waals surface area contributed by atoms with Gasteiger partial charge in [0.25, 0.3) is 5.91 Å². The summed E-state index contributed by atoms with van der Waals surface area (Å²) in [5, 5.41) is 46.1. The van der Waals surface area contributed by atoms with Crippen molar-refractivity contribution in [3.8, 4) is 11.5 Å². The van der Waals surface area contributed by atoms with Gasteiger partial charge >= 0.3 is 41.8 Å². The number of carbonyl (C=O) groups excluding carboxylic acids is 3. The number of nitrogens with zero attached hydrogens (tertiary/aromatic N) is 2. The van der Waals surface area contributed by atoms with E-state index in [9.17, 15) is 48.0 Å². The Labute approximate surface area is 284 Å². The van der Waals surface area contributed by atoms with Crippen molar-refractivity contribution in [3.05, 3.63) is 76.8 Å². The third kappa shape index (κ3) is 8.05. The Morgan fingerprint density at radius 1 is 1.02 bits per heavy atom. The van der Waals surface area contributed by atoms with Crippen molar-refractivity contribution < 1.29 is 91.4 Å². The molecular weight excluding hydrogens is 659 g/mol. The van der Waals surface area contributed by atoms with E-state index in [-0.39, 0.29) is 51.7 Å². The number of aliphatic carboxylic acids is 1. The fourth-order valence-electron chi connectivity index (χ4n) is 4.23. The second-order valence-electron chi connectivity index (χ2n) is 9.40. The van der Waals surface area contributed by atoms with E-state index in [0.29, 0.717) is 6.07 Å².